The van der Waals surface area contributed by atoms with E-state index in [1.165, 1.54) is 0 Å². The van der Waals surface area contributed by atoms with Crippen LogP contribution in [0.2, 0.25) is 0 Å². The van der Waals surface area contributed by atoms with Gasteiger partial charge in [-0.3, -0.25) is 4.98 Å². The Hall–Kier alpha value is -1.43. The Kier molecular flexibility index (Phi) is 4.37. The van der Waals surface area contributed by atoms with Crippen LogP contribution in [0.3, 0.4) is 0 Å². The average molecular weight is 286 g/mol. The van der Waals surface area contributed by atoms with Crippen LogP contribution >= 0.6 is 0 Å². The third kappa shape index (κ3) is 3.43. The summed E-state index contributed by atoms with van der Waals surface area (Å²) in [5.74, 6) is 1.88. The Bertz CT molecular complexity index is 539. The smallest absolute Gasteiger partial charge is 0.400 e. The van der Waals surface area contributed by atoms with Crippen molar-refractivity contribution in [2.45, 2.75) is 44.9 Å². The highest BCUT2D eigenvalue weighted by atomic mass is 16.7. The average Bonchev–Trinajstić information content (AvgIpc) is 2.64. The molecule has 5 heteroatoms. The first-order valence-corrected chi connectivity index (χ1v) is 7.13. The quantitative estimate of drug-likeness (QED) is 0.683. The fraction of sp³-hybridized carbons (Fsp3) is 0.438. The number of rotatable bonds is 4. The van der Waals surface area contributed by atoms with E-state index in [0.29, 0.717) is 0 Å². The molecule has 0 unspecified atom stereocenters. The van der Waals surface area contributed by atoms with Gasteiger partial charge in [0.2, 0.25) is 0 Å². The number of hydrogen-bond donors (Lipinski definition) is 1. The SMILES string of the molecule is C=C[C@H](N)c1ccnc(/C=C/B2OC(C)(C)C(C)(C)O2)c1. The molecule has 2 N–H and O–H groups in total. The topological polar surface area (TPSA) is 57.4 Å². The van der Waals surface area contributed by atoms with Crippen LogP contribution in [0.1, 0.15) is 45.0 Å². The van der Waals surface area contributed by atoms with Gasteiger partial charge < -0.3 is 15.0 Å². The van der Waals surface area contributed by atoms with Crippen LogP contribution in [0, 0.1) is 0 Å². The van der Waals surface area contributed by atoms with Gasteiger partial charge in [0.25, 0.3) is 0 Å². The van der Waals surface area contributed by atoms with Gasteiger partial charge in [0.15, 0.2) is 0 Å². The highest BCUT2D eigenvalue weighted by Crippen LogP contribution is 2.36. The van der Waals surface area contributed by atoms with Crippen LogP contribution in [0.25, 0.3) is 6.08 Å². The Labute approximate surface area is 127 Å². The van der Waals surface area contributed by atoms with E-state index < -0.39 is 0 Å². The summed E-state index contributed by atoms with van der Waals surface area (Å²) in [7, 11) is -0.367. The van der Waals surface area contributed by atoms with Crippen LogP contribution in [0.15, 0.2) is 37.0 Å². The first-order valence-electron chi connectivity index (χ1n) is 7.13. The molecule has 1 atom stereocenters. The van der Waals surface area contributed by atoms with Crippen molar-refractivity contribution in [3.8, 4) is 0 Å². The van der Waals surface area contributed by atoms with Gasteiger partial charge in [0, 0.05) is 12.2 Å². The van der Waals surface area contributed by atoms with Gasteiger partial charge in [-0.2, -0.15) is 0 Å². The van der Waals surface area contributed by atoms with Crippen LogP contribution in [0.5, 0.6) is 0 Å². The predicted molar refractivity (Wildman–Crippen MR) is 86.5 cm³/mol. The van der Waals surface area contributed by atoms with Crippen LogP contribution < -0.4 is 5.73 Å². The fourth-order valence-corrected chi connectivity index (χ4v) is 2.04. The van der Waals surface area contributed by atoms with E-state index in [1.807, 2.05) is 51.9 Å². The molecule has 1 aliphatic rings. The number of nitrogens with two attached hydrogens (primary N) is 1. The highest BCUT2D eigenvalue weighted by molar-refractivity contribution is 6.52. The van der Waals surface area contributed by atoms with Crippen LogP contribution in [0.4, 0.5) is 0 Å². The van der Waals surface area contributed by atoms with E-state index in [4.69, 9.17) is 15.0 Å². The Morgan fingerprint density at radius 3 is 2.48 bits per heavy atom. The monoisotopic (exact) mass is 286 g/mol. The number of nitrogens with zero attached hydrogens (tertiary/aromatic N) is 1. The zero-order valence-electron chi connectivity index (χ0n) is 13.2. The molecule has 1 fully saturated rings. The summed E-state index contributed by atoms with van der Waals surface area (Å²) in [5.41, 5.74) is 7.07. The molecule has 112 valence electrons. The van der Waals surface area contributed by atoms with Gasteiger partial charge >= 0.3 is 7.12 Å². The Balaban J connectivity index is 2.11. The Morgan fingerprint density at radius 1 is 1.29 bits per heavy atom. The van der Waals surface area contributed by atoms with Crippen molar-refractivity contribution in [2.24, 2.45) is 5.73 Å². The van der Waals surface area contributed by atoms with Gasteiger partial charge in [-0.1, -0.05) is 12.1 Å². The van der Waals surface area contributed by atoms with Crippen molar-refractivity contribution in [1.29, 1.82) is 0 Å². The molecule has 0 spiro atoms. The van der Waals surface area contributed by atoms with Crippen molar-refractivity contribution in [2.75, 3.05) is 0 Å². The van der Waals surface area contributed by atoms with Crippen molar-refractivity contribution in [3.63, 3.8) is 0 Å². The molecular formula is C16H23BN2O2. The summed E-state index contributed by atoms with van der Waals surface area (Å²) in [5, 5.41) is 0. The van der Waals surface area contributed by atoms with Gasteiger partial charge in [-0.05, 0) is 51.5 Å². The lowest BCUT2D eigenvalue weighted by atomic mass is 9.89. The molecule has 0 aliphatic carbocycles. The summed E-state index contributed by atoms with van der Waals surface area (Å²) in [6.07, 6.45) is 5.33. The molecule has 0 saturated carbocycles. The zero-order chi connectivity index (χ0) is 15.7. The van der Waals surface area contributed by atoms with Crippen LogP contribution in [-0.2, 0) is 9.31 Å². The normalized spacial score (nSPS) is 21.7. The van der Waals surface area contributed by atoms with E-state index in [-0.39, 0.29) is 24.4 Å². The molecule has 2 rings (SSSR count). The van der Waals surface area contributed by atoms with Crippen molar-refractivity contribution in [3.05, 3.63) is 48.2 Å². The zero-order valence-corrected chi connectivity index (χ0v) is 13.2. The molecule has 0 aromatic carbocycles. The maximum absolute atomic E-state index is 5.93. The van der Waals surface area contributed by atoms with Crippen molar-refractivity contribution >= 4 is 13.2 Å². The number of pyridine rings is 1. The third-order valence-corrected chi connectivity index (χ3v) is 4.14. The summed E-state index contributed by atoms with van der Waals surface area (Å²) in [6, 6.07) is 3.64. The number of aromatic nitrogens is 1. The summed E-state index contributed by atoms with van der Waals surface area (Å²) in [4.78, 5) is 4.30. The minimum absolute atomic E-state index is 0.183. The van der Waals surface area contributed by atoms with E-state index >= 15 is 0 Å². The van der Waals surface area contributed by atoms with Gasteiger partial charge in [0.1, 0.15) is 0 Å². The minimum atomic E-state index is -0.367. The molecule has 1 aliphatic heterocycles. The maximum atomic E-state index is 5.93. The molecular weight excluding hydrogens is 263 g/mol. The molecule has 1 aromatic rings. The summed E-state index contributed by atoms with van der Waals surface area (Å²) >= 11 is 0. The first kappa shape index (κ1) is 16.0. The van der Waals surface area contributed by atoms with Crippen LogP contribution in [-0.4, -0.2) is 23.3 Å². The molecule has 0 amide bonds. The van der Waals surface area contributed by atoms with E-state index in [0.717, 1.165) is 11.3 Å². The van der Waals surface area contributed by atoms with Crippen molar-refractivity contribution < 1.29 is 9.31 Å². The van der Waals surface area contributed by atoms with Gasteiger partial charge in [0.05, 0.1) is 16.9 Å². The van der Waals surface area contributed by atoms with Gasteiger partial charge in [-0.25, -0.2) is 0 Å². The third-order valence-electron chi connectivity index (χ3n) is 4.14. The summed E-state index contributed by atoms with van der Waals surface area (Å²) in [6.45, 7) is 11.8. The predicted octanol–water partition coefficient (Wildman–Crippen LogP) is 2.91. The summed E-state index contributed by atoms with van der Waals surface area (Å²) < 4.78 is 11.8. The minimum Gasteiger partial charge on any atom is -0.400 e. The fourth-order valence-electron chi connectivity index (χ4n) is 2.04. The molecule has 2 heterocycles. The van der Waals surface area contributed by atoms with Gasteiger partial charge in [-0.15, -0.1) is 6.58 Å². The lowest BCUT2D eigenvalue weighted by molar-refractivity contribution is 0.00578. The molecule has 1 saturated heterocycles. The second-order valence-corrected chi connectivity index (χ2v) is 6.26. The highest BCUT2D eigenvalue weighted by Gasteiger charge is 2.49. The van der Waals surface area contributed by atoms with Crippen molar-refractivity contribution in [1.82, 2.24) is 4.98 Å². The lowest BCUT2D eigenvalue weighted by Crippen LogP contribution is -2.41. The maximum Gasteiger partial charge on any atom is 0.487 e. The second-order valence-electron chi connectivity index (χ2n) is 6.26. The van der Waals surface area contributed by atoms with E-state index in [2.05, 4.69) is 11.6 Å². The number of hydrogen-bond acceptors (Lipinski definition) is 4. The standard InChI is InChI=1S/C16H23BN2O2/c1-6-14(18)12-8-10-19-13(11-12)7-9-17-20-15(2,3)16(4,5)21-17/h6-11,14H,1,18H2,2-5H3/b9-7+/t14-/m0/s1. The molecule has 0 radical (unpaired) electrons. The largest absolute Gasteiger partial charge is 0.487 e. The molecule has 21 heavy (non-hydrogen) atoms. The molecule has 0 bridgehead atoms. The lowest BCUT2D eigenvalue weighted by Gasteiger charge is -2.32. The molecule has 1 aromatic heterocycles. The van der Waals surface area contributed by atoms with E-state index in [9.17, 15) is 0 Å². The first-order chi connectivity index (χ1) is 9.75. The Morgan fingerprint density at radius 2 is 1.90 bits per heavy atom. The molecule has 4 nitrogen and oxygen atoms in total. The second kappa shape index (κ2) is 5.75. The van der Waals surface area contributed by atoms with E-state index in [1.54, 1.807) is 12.3 Å².